The highest BCUT2D eigenvalue weighted by molar-refractivity contribution is 6.23. The first-order valence-corrected chi connectivity index (χ1v) is 10.5. The zero-order valence-corrected chi connectivity index (χ0v) is 18.3. The molecule has 9 heteroatoms. The minimum atomic E-state index is -1.12. The number of carbonyl (C=O) groups is 4. The van der Waals surface area contributed by atoms with E-state index in [1.807, 2.05) is 0 Å². The van der Waals surface area contributed by atoms with Crippen molar-refractivity contribution in [1.29, 1.82) is 0 Å². The van der Waals surface area contributed by atoms with Gasteiger partial charge in [-0.25, -0.2) is 9.29 Å². The van der Waals surface area contributed by atoms with Crippen LogP contribution in [0.5, 0.6) is 0 Å². The van der Waals surface area contributed by atoms with Gasteiger partial charge in [0.25, 0.3) is 11.8 Å². The molecule has 1 aromatic heterocycles. The third-order valence-electron chi connectivity index (χ3n) is 5.39. The molecule has 1 saturated heterocycles. The van der Waals surface area contributed by atoms with Crippen LogP contribution in [0.3, 0.4) is 0 Å². The van der Waals surface area contributed by atoms with Crippen LogP contribution in [0.15, 0.2) is 73.1 Å². The normalized spacial score (nSPS) is 15.4. The monoisotopic (exact) mass is 460 g/mol. The number of imide groups is 1. The first-order valence-electron chi connectivity index (χ1n) is 10.5. The Kier molecular flexibility index (Phi) is 6.44. The molecular weight excluding hydrogens is 439 g/mol. The Balaban J connectivity index is 1.65. The fraction of sp³-hybridized carbons (Fsp3) is 0.160. The van der Waals surface area contributed by atoms with Crippen LogP contribution in [0.2, 0.25) is 0 Å². The van der Waals surface area contributed by atoms with Crippen molar-refractivity contribution in [3.63, 3.8) is 0 Å². The zero-order valence-electron chi connectivity index (χ0n) is 18.3. The molecule has 1 unspecified atom stereocenters. The largest absolute Gasteiger partial charge is 0.326 e. The molecule has 0 radical (unpaired) electrons. The molecule has 1 aliphatic rings. The van der Waals surface area contributed by atoms with E-state index >= 15 is 0 Å². The lowest BCUT2D eigenvalue weighted by atomic mass is 10.1. The van der Waals surface area contributed by atoms with E-state index in [-0.39, 0.29) is 24.4 Å². The highest BCUT2D eigenvalue weighted by Gasteiger charge is 2.44. The summed E-state index contributed by atoms with van der Waals surface area (Å²) in [5, 5.41) is 2.62. The number of nitrogens with one attached hydrogen (secondary N) is 1. The molecule has 2 heterocycles. The Bertz CT molecular complexity index is 1250. The number of halogens is 1. The van der Waals surface area contributed by atoms with Crippen molar-refractivity contribution in [3.8, 4) is 0 Å². The van der Waals surface area contributed by atoms with Crippen LogP contribution < -0.4 is 10.2 Å². The van der Waals surface area contributed by atoms with Crippen LogP contribution >= 0.6 is 0 Å². The highest BCUT2D eigenvalue weighted by Crippen LogP contribution is 2.29. The van der Waals surface area contributed by atoms with Gasteiger partial charge in [-0.05, 0) is 48.0 Å². The van der Waals surface area contributed by atoms with E-state index in [1.165, 1.54) is 48.2 Å². The first-order chi connectivity index (χ1) is 16.3. The molecule has 1 fully saturated rings. The Morgan fingerprint density at radius 1 is 1.09 bits per heavy atom. The van der Waals surface area contributed by atoms with Crippen molar-refractivity contribution in [2.24, 2.45) is 0 Å². The second-order valence-corrected chi connectivity index (χ2v) is 7.79. The predicted octanol–water partition coefficient (Wildman–Crippen LogP) is 3.15. The molecule has 172 valence electrons. The van der Waals surface area contributed by atoms with Crippen molar-refractivity contribution in [3.05, 3.63) is 90.0 Å². The molecule has 4 amide bonds. The average Bonchev–Trinajstić information content (AvgIpc) is 3.12. The Morgan fingerprint density at radius 2 is 1.82 bits per heavy atom. The van der Waals surface area contributed by atoms with E-state index in [4.69, 9.17) is 0 Å². The van der Waals surface area contributed by atoms with Crippen LogP contribution in [0, 0.1) is 5.82 Å². The molecule has 4 rings (SSSR count). The summed E-state index contributed by atoms with van der Waals surface area (Å²) in [6.45, 7) is 1.34. The first kappa shape index (κ1) is 22.8. The minimum absolute atomic E-state index is 0.0278. The van der Waals surface area contributed by atoms with Gasteiger partial charge in [-0.1, -0.05) is 18.2 Å². The van der Waals surface area contributed by atoms with Crippen LogP contribution in [-0.4, -0.2) is 39.6 Å². The molecule has 2 aromatic carbocycles. The van der Waals surface area contributed by atoms with E-state index < -0.39 is 29.6 Å². The van der Waals surface area contributed by atoms with Crippen LogP contribution in [-0.2, 0) is 20.9 Å². The summed E-state index contributed by atoms with van der Waals surface area (Å²) in [4.78, 5) is 57.0. The quantitative estimate of drug-likeness (QED) is 0.570. The summed E-state index contributed by atoms with van der Waals surface area (Å²) >= 11 is 0. The number of carbonyl (C=O) groups excluding carboxylic acids is 4. The number of hydrogen-bond donors (Lipinski definition) is 1. The fourth-order valence-electron chi connectivity index (χ4n) is 3.83. The van der Waals surface area contributed by atoms with Crippen molar-refractivity contribution < 1.29 is 23.6 Å². The van der Waals surface area contributed by atoms with Gasteiger partial charge in [0, 0.05) is 31.5 Å². The number of aromatic nitrogens is 1. The summed E-state index contributed by atoms with van der Waals surface area (Å²) in [5.41, 5.74) is 1.27. The number of hydrogen-bond acceptors (Lipinski definition) is 5. The van der Waals surface area contributed by atoms with Crippen molar-refractivity contribution in [1.82, 2.24) is 9.88 Å². The van der Waals surface area contributed by atoms with Crippen molar-refractivity contribution in [2.45, 2.75) is 25.9 Å². The zero-order chi connectivity index (χ0) is 24.2. The standard InChI is InChI=1S/C25H21FN4O4/c1-16(31)28-18-8-10-19(11-9-18)30-23(32)13-22(25(30)34)29(15-17-5-4-12-27-14-17)24(33)20-6-2-3-7-21(20)26/h2-12,14,22H,13,15H2,1H3,(H,28,31). The Hall–Kier alpha value is -4.40. The smallest absolute Gasteiger partial charge is 0.257 e. The lowest BCUT2D eigenvalue weighted by Crippen LogP contribution is -2.45. The minimum Gasteiger partial charge on any atom is -0.326 e. The highest BCUT2D eigenvalue weighted by atomic mass is 19.1. The van der Waals surface area contributed by atoms with E-state index in [0.29, 0.717) is 16.9 Å². The van der Waals surface area contributed by atoms with Gasteiger partial charge in [-0.15, -0.1) is 0 Å². The predicted molar refractivity (Wildman–Crippen MR) is 122 cm³/mol. The molecule has 34 heavy (non-hydrogen) atoms. The molecule has 8 nitrogen and oxygen atoms in total. The molecule has 0 aliphatic carbocycles. The molecule has 1 N–H and O–H groups in total. The second-order valence-electron chi connectivity index (χ2n) is 7.79. The summed E-state index contributed by atoms with van der Waals surface area (Å²) in [7, 11) is 0. The number of pyridine rings is 1. The van der Waals surface area contributed by atoms with E-state index in [1.54, 1.807) is 36.7 Å². The fourth-order valence-corrected chi connectivity index (χ4v) is 3.83. The molecule has 0 saturated carbocycles. The summed E-state index contributed by atoms with van der Waals surface area (Å²) in [6, 6.07) is 14.0. The molecule has 1 atom stereocenters. The number of benzene rings is 2. The van der Waals surface area contributed by atoms with E-state index in [0.717, 1.165) is 4.90 Å². The van der Waals surface area contributed by atoms with Crippen LogP contribution in [0.4, 0.5) is 15.8 Å². The summed E-state index contributed by atoms with van der Waals surface area (Å²) in [6.07, 6.45) is 2.87. The van der Waals surface area contributed by atoms with Crippen molar-refractivity contribution in [2.75, 3.05) is 10.2 Å². The van der Waals surface area contributed by atoms with Gasteiger partial charge < -0.3 is 10.2 Å². The third kappa shape index (κ3) is 4.68. The lowest BCUT2D eigenvalue weighted by molar-refractivity contribution is -0.122. The summed E-state index contributed by atoms with van der Waals surface area (Å²) < 4.78 is 14.4. The topological polar surface area (TPSA) is 99.7 Å². The Labute approximate surface area is 195 Å². The maximum atomic E-state index is 14.4. The number of rotatable bonds is 6. The lowest BCUT2D eigenvalue weighted by Gasteiger charge is -2.28. The average molecular weight is 460 g/mol. The Morgan fingerprint density at radius 3 is 2.47 bits per heavy atom. The van der Waals surface area contributed by atoms with Crippen LogP contribution in [0.1, 0.15) is 29.3 Å². The maximum Gasteiger partial charge on any atom is 0.257 e. The van der Waals surface area contributed by atoms with Gasteiger partial charge in [0.1, 0.15) is 11.9 Å². The number of nitrogens with zero attached hydrogens (tertiary/aromatic N) is 3. The van der Waals surface area contributed by atoms with Gasteiger partial charge in [0.15, 0.2) is 0 Å². The number of amides is 4. The molecular formula is C25H21FN4O4. The maximum absolute atomic E-state index is 14.4. The van der Waals surface area contributed by atoms with Crippen molar-refractivity contribution >= 4 is 35.0 Å². The van der Waals surface area contributed by atoms with Crippen LogP contribution in [0.25, 0.3) is 0 Å². The SMILES string of the molecule is CC(=O)Nc1ccc(N2C(=O)CC(N(Cc3cccnc3)C(=O)c3ccccc3F)C2=O)cc1. The van der Waals surface area contributed by atoms with Gasteiger partial charge >= 0.3 is 0 Å². The third-order valence-corrected chi connectivity index (χ3v) is 5.39. The molecule has 1 aliphatic heterocycles. The number of anilines is 2. The van der Waals surface area contributed by atoms with Gasteiger partial charge in [0.05, 0.1) is 17.7 Å². The molecule has 0 bridgehead atoms. The van der Waals surface area contributed by atoms with Gasteiger partial charge in [-0.3, -0.25) is 24.2 Å². The van der Waals surface area contributed by atoms with Gasteiger partial charge in [-0.2, -0.15) is 0 Å². The molecule has 0 spiro atoms. The van der Waals surface area contributed by atoms with Gasteiger partial charge in [0.2, 0.25) is 11.8 Å². The summed E-state index contributed by atoms with van der Waals surface area (Å²) in [5.74, 6) is -2.74. The second kappa shape index (κ2) is 9.62. The van der Waals surface area contributed by atoms with E-state index in [2.05, 4.69) is 10.3 Å². The molecule has 3 aromatic rings. The van der Waals surface area contributed by atoms with E-state index in [9.17, 15) is 23.6 Å².